The predicted molar refractivity (Wildman–Crippen MR) is 74.9 cm³/mol. The molecule has 3 aromatic rings. The van der Waals surface area contributed by atoms with Crippen LogP contribution in [0.4, 0.5) is 5.82 Å². The van der Waals surface area contributed by atoms with Gasteiger partial charge in [0.05, 0.1) is 0 Å². The standard InChI is InChI=1S/C13H10ClN5O/c1-8-3-5-15-9(7-8)17-13(20)11-10(14)12-16-4-2-6-19(12)18-11/h2-7H,1H3,(H,15,17,20). The zero-order valence-electron chi connectivity index (χ0n) is 10.5. The molecular weight excluding hydrogens is 278 g/mol. The van der Waals surface area contributed by atoms with Crippen LogP contribution in [0, 0.1) is 6.92 Å². The van der Waals surface area contributed by atoms with Crippen molar-refractivity contribution in [3.8, 4) is 0 Å². The van der Waals surface area contributed by atoms with Gasteiger partial charge in [0.15, 0.2) is 11.3 Å². The summed E-state index contributed by atoms with van der Waals surface area (Å²) in [4.78, 5) is 20.3. The summed E-state index contributed by atoms with van der Waals surface area (Å²) < 4.78 is 1.46. The average molecular weight is 288 g/mol. The Labute approximate surface area is 119 Å². The number of carbonyl (C=O) groups excluding carboxylic acids is 1. The Morgan fingerprint density at radius 3 is 2.95 bits per heavy atom. The Balaban J connectivity index is 1.95. The normalized spacial score (nSPS) is 10.7. The van der Waals surface area contributed by atoms with Crippen molar-refractivity contribution in [3.63, 3.8) is 0 Å². The first kappa shape index (κ1) is 12.6. The quantitative estimate of drug-likeness (QED) is 0.785. The first-order chi connectivity index (χ1) is 9.65. The minimum atomic E-state index is -0.418. The monoisotopic (exact) mass is 287 g/mol. The Kier molecular flexibility index (Phi) is 3.08. The van der Waals surface area contributed by atoms with E-state index in [4.69, 9.17) is 11.6 Å². The highest BCUT2D eigenvalue weighted by Gasteiger charge is 2.19. The lowest BCUT2D eigenvalue weighted by molar-refractivity contribution is 0.102. The lowest BCUT2D eigenvalue weighted by Crippen LogP contribution is -2.14. The van der Waals surface area contributed by atoms with Crippen molar-refractivity contribution in [2.45, 2.75) is 6.92 Å². The Morgan fingerprint density at radius 1 is 1.35 bits per heavy atom. The van der Waals surface area contributed by atoms with E-state index in [1.807, 2.05) is 13.0 Å². The van der Waals surface area contributed by atoms with E-state index in [1.165, 1.54) is 4.52 Å². The third kappa shape index (κ3) is 2.21. The highest BCUT2D eigenvalue weighted by molar-refractivity contribution is 6.37. The second-order valence-electron chi connectivity index (χ2n) is 4.22. The molecule has 3 rings (SSSR count). The summed E-state index contributed by atoms with van der Waals surface area (Å²) in [6.45, 7) is 1.92. The number of halogens is 1. The molecule has 7 heteroatoms. The van der Waals surface area contributed by atoms with Gasteiger partial charge in [-0.25, -0.2) is 14.5 Å². The van der Waals surface area contributed by atoms with E-state index in [0.29, 0.717) is 11.5 Å². The lowest BCUT2D eigenvalue weighted by atomic mass is 10.3. The molecule has 20 heavy (non-hydrogen) atoms. The van der Waals surface area contributed by atoms with Crippen molar-refractivity contribution in [2.24, 2.45) is 0 Å². The van der Waals surface area contributed by atoms with Gasteiger partial charge < -0.3 is 5.32 Å². The fraction of sp³-hybridized carbons (Fsp3) is 0.0769. The summed E-state index contributed by atoms with van der Waals surface area (Å²) in [6.07, 6.45) is 4.89. The average Bonchev–Trinajstić information content (AvgIpc) is 2.77. The number of amides is 1. The number of aryl methyl sites for hydroxylation is 1. The van der Waals surface area contributed by atoms with Gasteiger partial charge >= 0.3 is 0 Å². The number of nitrogens with zero attached hydrogens (tertiary/aromatic N) is 4. The minimum Gasteiger partial charge on any atom is -0.305 e. The van der Waals surface area contributed by atoms with Crippen LogP contribution in [-0.4, -0.2) is 25.5 Å². The van der Waals surface area contributed by atoms with Gasteiger partial charge in [0.25, 0.3) is 5.91 Å². The van der Waals surface area contributed by atoms with E-state index in [2.05, 4.69) is 20.4 Å². The van der Waals surface area contributed by atoms with Crippen LogP contribution in [-0.2, 0) is 0 Å². The van der Waals surface area contributed by atoms with E-state index in [-0.39, 0.29) is 10.7 Å². The van der Waals surface area contributed by atoms with Crippen molar-refractivity contribution in [2.75, 3.05) is 5.32 Å². The van der Waals surface area contributed by atoms with Crippen LogP contribution in [0.5, 0.6) is 0 Å². The molecule has 1 N–H and O–H groups in total. The number of fused-ring (bicyclic) bond motifs is 1. The molecular formula is C13H10ClN5O. The third-order valence-corrected chi connectivity index (χ3v) is 3.06. The van der Waals surface area contributed by atoms with Crippen molar-refractivity contribution in [1.29, 1.82) is 0 Å². The summed E-state index contributed by atoms with van der Waals surface area (Å²) >= 11 is 6.12. The van der Waals surface area contributed by atoms with Crippen molar-refractivity contribution < 1.29 is 4.79 Å². The van der Waals surface area contributed by atoms with Gasteiger partial charge in [0.2, 0.25) is 0 Å². The molecule has 0 aliphatic heterocycles. The number of aromatic nitrogens is 4. The maximum absolute atomic E-state index is 12.2. The van der Waals surface area contributed by atoms with E-state index in [0.717, 1.165) is 5.56 Å². The molecule has 0 aliphatic carbocycles. The van der Waals surface area contributed by atoms with Crippen LogP contribution in [0.1, 0.15) is 16.1 Å². The van der Waals surface area contributed by atoms with Gasteiger partial charge in [-0.15, -0.1) is 0 Å². The molecule has 0 radical (unpaired) electrons. The van der Waals surface area contributed by atoms with Crippen LogP contribution in [0.25, 0.3) is 5.65 Å². The van der Waals surface area contributed by atoms with E-state index < -0.39 is 5.91 Å². The molecule has 100 valence electrons. The summed E-state index contributed by atoms with van der Waals surface area (Å²) in [6, 6.07) is 5.32. The zero-order valence-corrected chi connectivity index (χ0v) is 11.3. The fourth-order valence-electron chi connectivity index (χ4n) is 1.78. The largest absolute Gasteiger partial charge is 0.305 e. The molecule has 0 saturated heterocycles. The summed E-state index contributed by atoms with van der Waals surface area (Å²) in [5.74, 6) is 0.0367. The smallest absolute Gasteiger partial charge is 0.278 e. The van der Waals surface area contributed by atoms with Crippen LogP contribution >= 0.6 is 11.6 Å². The van der Waals surface area contributed by atoms with Crippen molar-refractivity contribution in [1.82, 2.24) is 19.6 Å². The van der Waals surface area contributed by atoms with Gasteiger partial charge in [-0.1, -0.05) is 11.6 Å². The molecule has 0 unspecified atom stereocenters. The molecule has 0 spiro atoms. The second-order valence-corrected chi connectivity index (χ2v) is 4.60. The number of anilines is 1. The van der Waals surface area contributed by atoms with Gasteiger partial charge in [-0.05, 0) is 30.7 Å². The van der Waals surface area contributed by atoms with E-state index in [9.17, 15) is 4.79 Å². The van der Waals surface area contributed by atoms with Crippen molar-refractivity contribution in [3.05, 3.63) is 53.1 Å². The molecule has 0 saturated carbocycles. The molecule has 6 nitrogen and oxygen atoms in total. The fourth-order valence-corrected chi connectivity index (χ4v) is 2.04. The van der Waals surface area contributed by atoms with Crippen molar-refractivity contribution >= 4 is 29.0 Å². The second kappa shape index (κ2) is 4.90. The Bertz CT molecular complexity index is 798. The summed E-state index contributed by atoms with van der Waals surface area (Å²) in [5, 5.41) is 6.99. The maximum Gasteiger partial charge on any atom is 0.278 e. The van der Waals surface area contributed by atoms with Crippen LogP contribution in [0.2, 0.25) is 5.02 Å². The van der Waals surface area contributed by atoms with Crippen LogP contribution < -0.4 is 5.32 Å². The molecule has 0 bridgehead atoms. The molecule has 0 aliphatic rings. The Morgan fingerprint density at radius 2 is 2.20 bits per heavy atom. The first-order valence-electron chi connectivity index (χ1n) is 5.88. The predicted octanol–water partition coefficient (Wildman–Crippen LogP) is 2.34. The molecule has 0 aromatic carbocycles. The number of carbonyl (C=O) groups is 1. The molecule has 3 heterocycles. The molecule has 3 aromatic heterocycles. The topological polar surface area (TPSA) is 72.2 Å². The number of hydrogen-bond donors (Lipinski definition) is 1. The number of pyridine rings is 1. The third-order valence-electron chi connectivity index (χ3n) is 2.71. The zero-order chi connectivity index (χ0) is 14.1. The number of rotatable bonds is 2. The van der Waals surface area contributed by atoms with Crippen LogP contribution in [0.15, 0.2) is 36.8 Å². The molecule has 0 fully saturated rings. The van der Waals surface area contributed by atoms with Gasteiger partial charge in [0.1, 0.15) is 10.8 Å². The minimum absolute atomic E-state index is 0.119. The SMILES string of the molecule is Cc1ccnc(NC(=O)c2nn3cccnc3c2Cl)c1. The maximum atomic E-state index is 12.2. The number of nitrogens with one attached hydrogen (secondary N) is 1. The molecule has 1 amide bonds. The molecule has 0 atom stereocenters. The highest BCUT2D eigenvalue weighted by Crippen LogP contribution is 2.20. The number of hydrogen-bond acceptors (Lipinski definition) is 4. The summed E-state index contributed by atoms with van der Waals surface area (Å²) in [5.41, 5.74) is 1.56. The van der Waals surface area contributed by atoms with Crippen LogP contribution in [0.3, 0.4) is 0 Å². The van der Waals surface area contributed by atoms with Gasteiger partial charge in [-0.3, -0.25) is 4.79 Å². The highest BCUT2D eigenvalue weighted by atomic mass is 35.5. The summed E-state index contributed by atoms with van der Waals surface area (Å²) in [7, 11) is 0. The Hall–Kier alpha value is -2.47. The first-order valence-corrected chi connectivity index (χ1v) is 6.26. The van der Waals surface area contributed by atoms with Gasteiger partial charge in [0, 0.05) is 18.6 Å². The van der Waals surface area contributed by atoms with Gasteiger partial charge in [-0.2, -0.15) is 5.10 Å². The lowest BCUT2D eigenvalue weighted by Gasteiger charge is -2.02. The van der Waals surface area contributed by atoms with E-state index >= 15 is 0 Å². The van der Waals surface area contributed by atoms with E-state index in [1.54, 1.807) is 30.7 Å².